The van der Waals surface area contributed by atoms with Crippen LogP contribution >= 0.6 is 38.5 Å². The Morgan fingerprint density at radius 1 is 1.47 bits per heavy atom. The van der Waals surface area contributed by atoms with Crippen LogP contribution in [-0.4, -0.2) is 24.5 Å². The van der Waals surface area contributed by atoms with Crippen LogP contribution in [0.1, 0.15) is 12.5 Å². The van der Waals surface area contributed by atoms with Crippen molar-refractivity contribution < 1.29 is 0 Å². The number of benzene rings is 1. The third-order valence-electron chi connectivity index (χ3n) is 2.29. The van der Waals surface area contributed by atoms with Crippen LogP contribution in [0.2, 0.25) is 0 Å². The maximum Gasteiger partial charge on any atom is 0.0245 e. The van der Waals surface area contributed by atoms with Gasteiger partial charge in [0, 0.05) is 27.7 Å². The molecule has 0 aliphatic carbocycles. The van der Waals surface area contributed by atoms with Gasteiger partial charge in [0.15, 0.2) is 0 Å². The molecule has 2 N–H and O–H groups in total. The molecule has 0 atom stereocenters. The Kier molecular flexibility index (Phi) is 6.11. The Morgan fingerprint density at radius 2 is 2.20 bits per heavy atom. The third kappa shape index (κ3) is 4.38. The molecule has 2 nitrogen and oxygen atoms in total. The molecule has 0 heterocycles. The van der Waals surface area contributed by atoms with E-state index in [2.05, 4.69) is 68.5 Å². The monoisotopic (exact) mass is 382 g/mol. The number of hydrogen-bond acceptors (Lipinski definition) is 2. The largest absolute Gasteiger partial charge is 0.329 e. The van der Waals surface area contributed by atoms with Crippen LogP contribution in [0.5, 0.6) is 0 Å². The van der Waals surface area contributed by atoms with E-state index >= 15 is 0 Å². The van der Waals surface area contributed by atoms with Crippen molar-refractivity contribution in [1.29, 1.82) is 0 Å². The molecule has 4 heteroatoms. The minimum Gasteiger partial charge on any atom is -0.329 e. The Morgan fingerprint density at radius 3 is 2.80 bits per heavy atom. The van der Waals surface area contributed by atoms with Gasteiger partial charge in [-0.1, -0.05) is 22.9 Å². The van der Waals surface area contributed by atoms with Crippen molar-refractivity contribution in [2.24, 2.45) is 5.73 Å². The minimum atomic E-state index is 0.721. The molecule has 0 unspecified atom stereocenters. The average molecular weight is 383 g/mol. The van der Waals surface area contributed by atoms with E-state index in [9.17, 15) is 0 Å². The van der Waals surface area contributed by atoms with Crippen molar-refractivity contribution in [3.63, 3.8) is 0 Å². The molecular formula is C11H16BrIN2. The van der Waals surface area contributed by atoms with Crippen LogP contribution in [0.4, 0.5) is 0 Å². The highest BCUT2D eigenvalue weighted by molar-refractivity contribution is 14.1. The van der Waals surface area contributed by atoms with Crippen LogP contribution in [-0.2, 0) is 6.54 Å². The maximum absolute atomic E-state index is 5.57. The molecule has 0 aromatic heterocycles. The third-order valence-corrected chi connectivity index (χ3v) is 3.84. The van der Waals surface area contributed by atoms with Crippen LogP contribution < -0.4 is 5.73 Å². The van der Waals surface area contributed by atoms with Crippen LogP contribution in [0, 0.1) is 3.57 Å². The van der Waals surface area contributed by atoms with Gasteiger partial charge in [-0.15, -0.1) is 0 Å². The molecule has 0 radical (unpaired) electrons. The average Bonchev–Trinajstić information content (AvgIpc) is 2.22. The molecule has 1 aromatic carbocycles. The fourth-order valence-corrected chi connectivity index (χ4v) is 2.35. The van der Waals surface area contributed by atoms with Crippen molar-refractivity contribution in [2.45, 2.75) is 13.5 Å². The van der Waals surface area contributed by atoms with E-state index in [1.807, 2.05) is 0 Å². The SMILES string of the molecule is CCN(CCN)Cc1cc(Br)ccc1I. The lowest BCUT2D eigenvalue weighted by Crippen LogP contribution is -2.29. The lowest BCUT2D eigenvalue weighted by molar-refractivity contribution is 0.287. The molecule has 0 saturated heterocycles. The van der Waals surface area contributed by atoms with Gasteiger partial charge in [0.05, 0.1) is 0 Å². The minimum absolute atomic E-state index is 0.721. The quantitative estimate of drug-likeness (QED) is 0.793. The second-order valence-corrected chi connectivity index (χ2v) is 5.47. The lowest BCUT2D eigenvalue weighted by Gasteiger charge is -2.20. The Balaban J connectivity index is 2.73. The Hall–Kier alpha value is 0.350. The molecule has 1 aromatic rings. The molecule has 0 fully saturated rings. The Bertz CT molecular complexity index is 317. The van der Waals surface area contributed by atoms with Crippen molar-refractivity contribution >= 4 is 38.5 Å². The molecule has 84 valence electrons. The lowest BCUT2D eigenvalue weighted by atomic mass is 10.2. The summed E-state index contributed by atoms with van der Waals surface area (Å²) in [5, 5.41) is 0. The van der Waals surface area contributed by atoms with Gasteiger partial charge in [-0.05, 0) is 52.9 Å². The molecule has 0 bridgehead atoms. The highest BCUT2D eigenvalue weighted by Gasteiger charge is 2.06. The fourth-order valence-electron chi connectivity index (χ4n) is 1.44. The van der Waals surface area contributed by atoms with E-state index in [1.165, 1.54) is 9.13 Å². The summed E-state index contributed by atoms with van der Waals surface area (Å²) in [5.41, 5.74) is 6.94. The number of hydrogen-bond donors (Lipinski definition) is 1. The molecule has 0 aliphatic heterocycles. The number of rotatable bonds is 5. The molecule has 1 rings (SSSR count). The van der Waals surface area contributed by atoms with Crippen LogP contribution in [0.25, 0.3) is 0 Å². The smallest absolute Gasteiger partial charge is 0.0245 e. The van der Waals surface area contributed by atoms with Gasteiger partial charge in [-0.25, -0.2) is 0 Å². The number of halogens is 2. The van der Waals surface area contributed by atoms with Crippen molar-refractivity contribution in [1.82, 2.24) is 4.90 Å². The summed E-state index contributed by atoms with van der Waals surface area (Å²) in [7, 11) is 0. The summed E-state index contributed by atoms with van der Waals surface area (Å²) < 4.78 is 2.45. The van der Waals surface area contributed by atoms with E-state index in [0.717, 1.165) is 30.7 Å². The zero-order valence-corrected chi connectivity index (χ0v) is 12.6. The predicted octanol–water partition coefficient (Wildman–Crippen LogP) is 2.83. The highest BCUT2D eigenvalue weighted by Crippen LogP contribution is 2.19. The van der Waals surface area contributed by atoms with Gasteiger partial charge < -0.3 is 5.73 Å². The van der Waals surface area contributed by atoms with Crippen LogP contribution in [0.3, 0.4) is 0 Å². The van der Waals surface area contributed by atoms with Gasteiger partial charge in [0.2, 0.25) is 0 Å². The normalized spacial score (nSPS) is 11.0. The van der Waals surface area contributed by atoms with Crippen molar-refractivity contribution in [3.05, 3.63) is 31.8 Å². The second kappa shape index (κ2) is 6.83. The molecule has 15 heavy (non-hydrogen) atoms. The first-order valence-electron chi connectivity index (χ1n) is 5.03. The van der Waals surface area contributed by atoms with E-state index in [-0.39, 0.29) is 0 Å². The first-order chi connectivity index (χ1) is 7.17. The topological polar surface area (TPSA) is 29.3 Å². The summed E-state index contributed by atoms with van der Waals surface area (Å²) in [4.78, 5) is 2.35. The predicted molar refractivity (Wildman–Crippen MR) is 76.9 cm³/mol. The summed E-state index contributed by atoms with van der Waals surface area (Å²) >= 11 is 5.88. The molecule has 0 spiro atoms. The molecule has 0 aliphatic rings. The zero-order chi connectivity index (χ0) is 11.3. The van der Waals surface area contributed by atoms with E-state index in [0.29, 0.717) is 0 Å². The van der Waals surface area contributed by atoms with Crippen LogP contribution in [0.15, 0.2) is 22.7 Å². The second-order valence-electron chi connectivity index (χ2n) is 3.39. The first-order valence-corrected chi connectivity index (χ1v) is 6.91. The molecule has 0 saturated carbocycles. The summed E-state index contributed by atoms with van der Waals surface area (Å²) in [6.07, 6.45) is 0. The maximum atomic E-state index is 5.57. The van der Waals surface area contributed by atoms with Crippen molar-refractivity contribution in [2.75, 3.05) is 19.6 Å². The van der Waals surface area contributed by atoms with Gasteiger partial charge in [-0.3, -0.25) is 4.90 Å². The molecule has 0 amide bonds. The summed E-state index contributed by atoms with van der Waals surface area (Å²) in [6.45, 7) is 5.86. The van der Waals surface area contributed by atoms with E-state index in [1.54, 1.807) is 0 Å². The van der Waals surface area contributed by atoms with Gasteiger partial charge in [0.25, 0.3) is 0 Å². The zero-order valence-electron chi connectivity index (χ0n) is 8.84. The van der Waals surface area contributed by atoms with Crippen molar-refractivity contribution in [3.8, 4) is 0 Å². The number of likely N-dealkylation sites (N-methyl/N-ethyl adjacent to an activating group) is 1. The summed E-state index contributed by atoms with van der Waals surface area (Å²) in [6, 6.07) is 6.39. The van der Waals surface area contributed by atoms with E-state index in [4.69, 9.17) is 5.73 Å². The van der Waals surface area contributed by atoms with E-state index < -0.39 is 0 Å². The summed E-state index contributed by atoms with van der Waals surface area (Å²) in [5.74, 6) is 0. The first kappa shape index (κ1) is 13.4. The Labute approximate surface area is 113 Å². The highest BCUT2D eigenvalue weighted by atomic mass is 127. The van der Waals surface area contributed by atoms with Gasteiger partial charge in [-0.2, -0.15) is 0 Å². The standard InChI is InChI=1S/C11H16BrIN2/c1-2-15(6-5-14)8-9-7-10(12)3-4-11(9)13/h3-4,7H,2,5-6,8,14H2,1H3. The number of nitrogens with zero attached hydrogens (tertiary/aromatic N) is 1. The fraction of sp³-hybridized carbons (Fsp3) is 0.455. The number of nitrogens with two attached hydrogens (primary N) is 1. The van der Waals surface area contributed by atoms with Gasteiger partial charge >= 0.3 is 0 Å². The molecular weight excluding hydrogens is 367 g/mol. The van der Waals surface area contributed by atoms with Gasteiger partial charge in [0.1, 0.15) is 0 Å².